The summed E-state index contributed by atoms with van der Waals surface area (Å²) in [6.07, 6.45) is 0. The molecule has 0 bridgehead atoms. The smallest absolute Gasteiger partial charge is 0.241 e. The van der Waals surface area contributed by atoms with E-state index < -0.39 is 22.4 Å². The Morgan fingerprint density at radius 1 is 1.14 bits per heavy atom. The number of benzene rings is 2. The third-order valence-electron chi connectivity index (χ3n) is 2.87. The van der Waals surface area contributed by atoms with Gasteiger partial charge in [0.05, 0.1) is 11.5 Å². The summed E-state index contributed by atoms with van der Waals surface area (Å²) < 4.78 is 40.0. The van der Waals surface area contributed by atoms with E-state index in [1.165, 1.54) is 6.07 Å². The first-order valence-electron chi connectivity index (χ1n) is 6.06. The average Bonchev–Trinajstić information content (AvgIpc) is 2.47. The molecule has 2 aromatic carbocycles. The van der Waals surface area contributed by atoms with Crippen LogP contribution in [0.5, 0.6) is 0 Å². The molecule has 0 aromatic heterocycles. The van der Waals surface area contributed by atoms with Crippen LogP contribution in [0, 0.1) is 5.82 Å². The molecule has 0 amide bonds. The largest absolute Gasteiger partial charge is 0.392 e. The monoisotopic (exact) mass is 329 g/mol. The molecule has 0 atom stereocenters. The molecule has 0 heterocycles. The lowest BCUT2D eigenvalue weighted by Crippen LogP contribution is -2.24. The zero-order valence-corrected chi connectivity index (χ0v) is 12.5. The predicted molar refractivity (Wildman–Crippen MR) is 77.8 cm³/mol. The first kappa shape index (κ1) is 15.9. The molecular weight excluding hydrogens is 317 g/mol. The fraction of sp³-hybridized carbons (Fsp3) is 0.143. The Balaban J connectivity index is 2.22. The van der Waals surface area contributed by atoms with Gasteiger partial charge in [-0.2, -0.15) is 0 Å². The normalized spacial score (nSPS) is 11.6. The van der Waals surface area contributed by atoms with Crippen LogP contribution in [0.4, 0.5) is 4.39 Å². The highest BCUT2D eigenvalue weighted by Crippen LogP contribution is 2.18. The van der Waals surface area contributed by atoms with E-state index in [0.29, 0.717) is 10.6 Å². The molecule has 0 saturated heterocycles. The number of hydrogen-bond acceptors (Lipinski definition) is 3. The van der Waals surface area contributed by atoms with Crippen molar-refractivity contribution in [3.63, 3.8) is 0 Å². The molecule has 0 spiro atoms. The van der Waals surface area contributed by atoms with E-state index in [1.807, 2.05) is 0 Å². The minimum Gasteiger partial charge on any atom is -0.392 e. The van der Waals surface area contributed by atoms with Gasteiger partial charge in [0.1, 0.15) is 5.82 Å². The van der Waals surface area contributed by atoms with Gasteiger partial charge in [-0.25, -0.2) is 17.5 Å². The van der Waals surface area contributed by atoms with Gasteiger partial charge < -0.3 is 5.11 Å². The molecule has 0 aliphatic carbocycles. The Labute approximate surface area is 127 Å². The molecule has 0 fully saturated rings. The van der Waals surface area contributed by atoms with Gasteiger partial charge in [-0.3, -0.25) is 0 Å². The number of aliphatic hydroxyl groups is 1. The number of sulfonamides is 1. The standard InChI is InChI=1S/C14H13ClFNO3S/c15-12-4-1-10(2-5-12)8-17-21(19,20)14-7-13(16)6-3-11(14)9-18/h1-7,17-18H,8-9H2. The first-order chi connectivity index (χ1) is 9.92. The summed E-state index contributed by atoms with van der Waals surface area (Å²) in [6, 6.07) is 9.89. The zero-order valence-electron chi connectivity index (χ0n) is 10.9. The second-order valence-corrected chi connectivity index (χ2v) is 6.53. The van der Waals surface area contributed by atoms with Crippen molar-refractivity contribution < 1.29 is 17.9 Å². The summed E-state index contributed by atoms with van der Waals surface area (Å²) in [4.78, 5) is -0.265. The number of hydrogen-bond donors (Lipinski definition) is 2. The van der Waals surface area contributed by atoms with Gasteiger partial charge in [-0.1, -0.05) is 29.8 Å². The van der Waals surface area contributed by atoms with Crippen molar-refractivity contribution >= 4 is 21.6 Å². The molecule has 21 heavy (non-hydrogen) atoms. The van der Waals surface area contributed by atoms with E-state index in [9.17, 15) is 12.8 Å². The minimum atomic E-state index is -3.92. The number of rotatable bonds is 5. The molecule has 0 aliphatic heterocycles. The number of nitrogens with one attached hydrogen (secondary N) is 1. The van der Waals surface area contributed by atoms with Gasteiger partial charge in [0, 0.05) is 11.6 Å². The van der Waals surface area contributed by atoms with Gasteiger partial charge in [0.25, 0.3) is 0 Å². The van der Waals surface area contributed by atoms with E-state index in [0.717, 1.165) is 12.1 Å². The Morgan fingerprint density at radius 3 is 2.43 bits per heavy atom. The highest BCUT2D eigenvalue weighted by Gasteiger charge is 2.18. The van der Waals surface area contributed by atoms with Crippen LogP contribution in [-0.2, 0) is 23.2 Å². The van der Waals surface area contributed by atoms with Crippen LogP contribution in [0.1, 0.15) is 11.1 Å². The van der Waals surface area contributed by atoms with Crippen LogP contribution in [0.25, 0.3) is 0 Å². The van der Waals surface area contributed by atoms with Crippen molar-refractivity contribution in [2.45, 2.75) is 18.0 Å². The van der Waals surface area contributed by atoms with E-state index in [4.69, 9.17) is 16.7 Å². The Hall–Kier alpha value is -1.47. The highest BCUT2D eigenvalue weighted by molar-refractivity contribution is 7.89. The third kappa shape index (κ3) is 4.01. The first-order valence-corrected chi connectivity index (χ1v) is 7.92. The van der Waals surface area contributed by atoms with Crippen LogP contribution >= 0.6 is 11.6 Å². The van der Waals surface area contributed by atoms with Crippen molar-refractivity contribution in [3.8, 4) is 0 Å². The topological polar surface area (TPSA) is 66.4 Å². The molecule has 0 unspecified atom stereocenters. The molecule has 112 valence electrons. The van der Waals surface area contributed by atoms with Crippen molar-refractivity contribution in [1.29, 1.82) is 0 Å². The number of halogens is 2. The van der Waals surface area contributed by atoms with Crippen LogP contribution in [0.3, 0.4) is 0 Å². The van der Waals surface area contributed by atoms with Gasteiger partial charge in [0.15, 0.2) is 0 Å². The van der Waals surface area contributed by atoms with E-state index in [-0.39, 0.29) is 17.0 Å². The zero-order chi connectivity index (χ0) is 15.5. The maximum Gasteiger partial charge on any atom is 0.241 e. The molecule has 4 nitrogen and oxygen atoms in total. The quantitative estimate of drug-likeness (QED) is 0.885. The van der Waals surface area contributed by atoms with E-state index in [1.54, 1.807) is 24.3 Å². The van der Waals surface area contributed by atoms with Crippen LogP contribution in [0.15, 0.2) is 47.4 Å². The number of aliphatic hydroxyl groups excluding tert-OH is 1. The molecule has 0 saturated carbocycles. The Morgan fingerprint density at radius 2 is 1.81 bits per heavy atom. The SMILES string of the molecule is O=S(=O)(NCc1ccc(Cl)cc1)c1cc(F)ccc1CO. The third-order valence-corrected chi connectivity index (χ3v) is 4.60. The molecule has 0 aliphatic rings. The average molecular weight is 330 g/mol. The van der Waals surface area contributed by atoms with Crippen molar-refractivity contribution in [1.82, 2.24) is 4.72 Å². The van der Waals surface area contributed by atoms with E-state index >= 15 is 0 Å². The summed E-state index contributed by atoms with van der Waals surface area (Å²) in [5.41, 5.74) is 0.852. The summed E-state index contributed by atoms with van der Waals surface area (Å²) in [5.74, 6) is -0.681. The predicted octanol–water partition coefficient (Wildman–Crippen LogP) is 2.45. The summed E-state index contributed by atoms with van der Waals surface area (Å²) >= 11 is 5.75. The Kier molecular flexibility index (Phi) is 4.95. The maximum absolute atomic E-state index is 13.2. The molecule has 7 heteroatoms. The summed E-state index contributed by atoms with van der Waals surface area (Å²) in [6.45, 7) is -0.446. The maximum atomic E-state index is 13.2. The lowest BCUT2D eigenvalue weighted by molar-refractivity contribution is 0.278. The van der Waals surface area contributed by atoms with Gasteiger partial charge in [0.2, 0.25) is 10.0 Å². The van der Waals surface area contributed by atoms with Gasteiger partial charge in [-0.05, 0) is 35.4 Å². The van der Waals surface area contributed by atoms with Crippen molar-refractivity contribution in [2.75, 3.05) is 0 Å². The van der Waals surface area contributed by atoms with Crippen molar-refractivity contribution in [2.24, 2.45) is 0 Å². The van der Waals surface area contributed by atoms with Crippen LogP contribution < -0.4 is 4.72 Å². The fourth-order valence-electron chi connectivity index (χ4n) is 1.77. The lowest BCUT2D eigenvalue weighted by atomic mass is 10.2. The molecular formula is C14H13ClFNO3S. The second-order valence-electron chi connectivity index (χ2n) is 4.36. The summed E-state index contributed by atoms with van der Waals surface area (Å²) in [5, 5.41) is 9.71. The van der Waals surface area contributed by atoms with Gasteiger partial charge in [-0.15, -0.1) is 0 Å². The molecule has 0 radical (unpaired) electrons. The fourth-order valence-corrected chi connectivity index (χ4v) is 3.15. The minimum absolute atomic E-state index is 0.0425. The van der Waals surface area contributed by atoms with Crippen LogP contribution in [-0.4, -0.2) is 13.5 Å². The Bertz CT molecular complexity index is 732. The molecule has 2 N–H and O–H groups in total. The molecule has 2 rings (SSSR count). The summed E-state index contributed by atoms with van der Waals surface area (Å²) in [7, 11) is -3.92. The van der Waals surface area contributed by atoms with Crippen LogP contribution in [0.2, 0.25) is 5.02 Å². The van der Waals surface area contributed by atoms with E-state index in [2.05, 4.69) is 4.72 Å². The van der Waals surface area contributed by atoms with Crippen molar-refractivity contribution in [3.05, 3.63) is 64.4 Å². The lowest BCUT2D eigenvalue weighted by Gasteiger charge is -2.10. The second kappa shape index (κ2) is 6.53. The molecule has 2 aromatic rings. The van der Waals surface area contributed by atoms with Gasteiger partial charge >= 0.3 is 0 Å². The highest BCUT2D eigenvalue weighted by atomic mass is 35.5.